The number of halogens is 1. The molecule has 0 aromatic carbocycles. The van der Waals surface area contributed by atoms with E-state index in [1.54, 1.807) is 0 Å². The molecule has 0 spiro atoms. The van der Waals surface area contributed by atoms with Crippen LogP contribution in [0.3, 0.4) is 0 Å². The van der Waals surface area contributed by atoms with Crippen LogP contribution in [0.5, 0.6) is 0 Å². The van der Waals surface area contributed by atoms with Gasteiger partial charge in [-0.2, -0.15) is 0 Å². The number of hydrogen-bond donors (Lipinski definition) is 0. The van der Waals surface area contributed by atoms with Crippen molar-refractivity contribution >= 4 is 21.8 Å². The SMILES string of the molecule is CN1C(=O)CC[C@@]2(C)C1CC[C@@H]1[C@H]2CC[C@@]2(C)[C@H]1CCC2(Br)C1OCCO1. The molecule has 3 saturated carbocycles. The highest BCUT2D eigenvalue weighted by atomic mass is 79.9. The van der Waals surface area contributed by atoms with Crippen LogP contribution >= 0.6 is 15.9 Å². The second kappa shape index (κ2) is 6.18. The number of carbonyl (C=O) groups excluding carboxylic acids is 1. The van der Waals surface area contributed by atoms with Crippen molar-refractivity contribution in [1.29, 1.82) is 0 Å². The highest BCUT2D eigenvalue weighted by Gasteiger charge is 2.67. The molecule has 0 bridgehead atoms. The zero-order valence-electron chi connectivity index (χ0n) is 17.0. The minimum Gasteiger partial charge on any atom is -0.349 e. The van der Waals surface area contributed by atoms with Gasteiger partial charge in [0.15, 0.2) is 6.29 Å². The summed E-state index contributed by atoms with van der Waals surface area (Å²) in [4.78, 5) is 14.4. The highest BCUT2D eigenvalue weighted by Crippen LogP contribution is 2.70. The van der Waals surface area contributed by atoms with Gasteiger partial charge < -0.3 is 14.4 Å². The van der Waals surface area contributed by atoms with Crippen LogP contribution in [-0.4, -0.2) is 47.7 Å². The number of fused-ring (bicyclic) bond motifs is 5. The molecular weight excluding hydrogens is 406 g/mol. The molecule has 0 N–H and O–H groups in total. The highest BCUT2D eigenvalue weighted by molar-refractivity contribution is 9.10. The van der Waals surface area contributed by atoms with Crippen LogP contribution in [0.15, 0.2) is 0 Å². The van der Waals surface area contributed by atoms with E-state index in [2.05, 4.69) is 34.7 Å². The topological polar surface area (TPSA) is 38.8 Å². The molecule has 2 saturated heterocycles. The number of likely N-dealkylation sites (tertiary alicyclic amines) is 1. The molecule has 5 heteroatoms. The average molecular weight is 440 g/mol. The summed E-state index contributed by atoms with van der Waals surface area (Å²) in [7, 11) is 2.05. The van der Waals surface area contributed by atoms with Gasteiger partial charge in [0.05, 0.1) is 17.5 Å². The summed E-state index contributed by atoms with van der Waals surface area (Å²) < 4.78 is 12.0. The monoisotopic (exact) mass is 439 g/mol. The van der Waals surface area contributed by atoms with E-state index in [1.165, 1.54) is 32.1 Å². The minimum atomic E-state index is -0.0885. The van der Waals surface area contributed by atoms with Crippen LogP contribution in [0, 0.1) is 28.6 Å². The lowest BCUT2D eigenvalue weighted by atomic mass is 9.47. The Morgan fingerprint density at radius 1 is 1.00 bits per heavy atom. The fourth-order valence-electron chi connectivity index (χ4n) is 8.18. The van der Waals surface area contributed by atoms with Gasteiger partial charge >= 0.3 is 0 Å². The molecule has 3 aliphatic carbocycles. The zero-order chi connectivity index (χ0) is 19.0. The van der Waals surface area contributed by atoms with Crippen LogP contribution < -0.4 is 0 Å². The Balaban J connectivity index is 1.45. The number of hydrogen-bond acceptors (Lipinski definition) is 3. The normalized spacial score (nSPS) is 53.2. The maximum absolute atomic E-state index is 12.3. The average Bonchev–Trinajstić information content (AvgIpc) is 3.27. The number of ether oxygens (including phenoxy) is 2. The third-order valence-electron chi connectivity index (χ3n) is 9.71. The molecule has 2 heterocycles. The third-order valence-corrected chi connectivity index (χ3v) is 11.4. The maximum atomic E-state index is 12.3. The van der Waals surface area contributed by atoms with Crippen LogP contribution in [0.1, 0.15) is 65.2 Å². The Morgan fingerprint density at radius 3 is 2.44 bits per heavy atom. The Hall–Kier alpha value is -0.130. The van der Waals surface area contributed by atoms with Gasteiger partial charge in [-0.15, -0.1) is 0 Å². The maximum Gasteiger partial charge on any atom is 0.222 e. The summed E-state index contributed by atoms with van der Waals surface area (Å²) in [5.41, 5.74) is 0.535. The van der Waals surface area contributed by atoms with Crippen molar-refractivity contribution in [2.45, 2.75) is 81.9 Å². The predicted octanol–water partition coefficient (Wildman–Crippen LogP) is 4.36. The lowest BCUT2D eigenvalue weighted by molar-refractivity contribution is -0.163. The van der Waals surface area contributed by atoms with Crippen LogP contribution in [0.2, 0.25) is 0 Å². The second-order valence-electron chi connectivity index (χ2n) is 10.4. The molecule has 2 aliphatic heterocycles. The van der Waals surface area contributed by atoms with Crippen LogP contribution in [0.4, 0.5) is 0 Å². The number of piperidine rings is 1. The molecule has 1 amide bonds. The summed E-state index contributed by atoms with van der Waals surface area (Å²) in [5, 5.41) is 0. The minimum absolute atomic E-state index is 0.0385. The molecule has 0 radical (unpaired) electrons. The summed E-state index contributed by atoms with van der Waals surface area (Å²) >= 11 is 4.18. The smallest absolute Gasteiger partial charge is 0.222 e. The summed E-state index contributed by atoms with van der Waals surface area (Å²) in [6.45, 7) is 6.46. The first-order chi connectivity index (χ1) is 12.8. The summed E-state index contributed by atoms with van der Waals surface area (Å²) in [6.07, 6.45) is 9.15. The van der Waals surface area contributed by atoms with E-state index in [9.17, 15) is 4.79 Å². The number of nitrogens with zero attached hydrogens (tertiary/aromatic N) is 1. The van der Waals surface area contributed by atoms with Crippen molar-refractivity contribution in [3.63, 3.8) is 0 Å². The van der Waals surface area contributed by atoms with E-state index in [1.807, 2.05) is 7.05 Å². The third kappa shape index (κ3) is 2.37. The van der Waals surface area contributed by atoms with Crippen LogP contribution in [0.25, 0.3) is 0 Å². The zero-order valence-corrected chi connectivity index (χ0v) is 18.6. The standard InChI is InChI=1S/C22H34BrNO3/c1-20-9-8-18(25)24(3)17(20)5-4-14-15(20)6-10-21(2)16(14)7-11-22(21,23)19-26-12-13-27-19/h14-17,19H,4-13H2,1-3H3/t14-,15-,16+,17?,20-,21+,22?/m1/s1. The first kappa shape index (κ1) is 18.9. The molecule has 5 aliphatic rings. The number of rotatable bonds is 1. The van der Waals surface area contributed by atoms with Gasteiger partial charge in [-0.3, -0.25) is 4.79 Å². The van der Waals surface area contributed by atoms with Gasteiger partial charge in [-0.1, -0.05) is 29.8 Å². The fraction of sp³-hybridized carbons (Fsp3) is 0.955. The predicted molar refractivity (Wildman–Crippen MR) is 108 cm³/mol. The number of amides is 1. The van der Waals surface area contributed by atoms with Crippen molar-refractivity contribution in [2.75, 3.05) is 20.3 Å². The van der Waals surface area contributed by atoms with Crippen molar-refractivity contribution < 1.29 is 14.3 Å². The quantitative estimate of drug-likeness (QED) is 0.569. The van der Waals surface area contributed by atoms with Gasteiger partial charge in [-0.05, 0) is 73.5 Å². The van der Waals surface area contributed by atoms with Gasteiger partial charge in [-0.25, -0.2) is 0 Å². The van der Waals surface area contributed by atoms with E-state index in [0.29, 0.717) is 17.4 Å². The molecule has 5 fully saturated rings. The van der Waals surface area contributed by atoms with E-state index in [4.69, 9.17) is 9.47 Å². The molecule has 5 rings (SSSR count). The first-order valence-electron chi connectivity index (χ1n) is 11.0. The molecule has 7 atom stereocenters. The summed E-state index contributed by atoms with van der Waals surface area (Å²) in [5.74, 6) is 2.63. The van der Waals surface area contributed by atoms with Crippen molar-refractivity contribution in [1.82, 2.24) is 4.90 Å². The fourth-order valence-corrected chi connectivity index (χ4v) is 9.17. The lowest BCUT2D eigenvalue weighted by Gasteiger charge is -2.62. The Morgan fingerprint density at radius 2 is 1.70 bits per heavy atom. The van der Waals surface area contributed by atoms with Gasteiger partial charge in [0.1, 0.15) is 0 Å². The van der Waals surface area contributed by atoms with E-state index >= 15 is 0 Å². The number of carbonyl (C=O) groups is 1. The molecular formula is C22H34BrNO3. The van der Waals surface area contributed by atoms with Crippen molar-refractivity contribution in [3.8, 4) is 0 Å². The molecule has 0 aromatic heterocycles. The Bertz CT molecular complexity index is 637. The van der Waals surface area contributed by atoms with Crippen molar-refractivity contribution in [2.24, 2.45) is 28.6 Å². The number of alkyl halides is 1. The summed E-state index contributed by atoms with van der Waals surface area (Å²) in [6, 6.07) is 0.445. The van der Waals surface area contributed by atoms with Crippen molar-refractivity contribution in [3.05, 3.63) is 0 Å². The molecule has 0 aromatic rings. The van der Waals surface area contributed by atoms with Crippen LogP contribution in [-0.2, 0) is 14.3 Å². The molecule has 27 heavy (non-hydrogen) atoms. The molecule has 2 unspecified atom stereocenters. The Labute approximate surface area is 171 Å². The van der Waals surface area contributed by atoms with Gasteiger partial charge in [0.2, 0.25) is 5.91 Å². The van der Waals surface area contributed by atoms with E-state index in [0.717, 1.165) is 50.2 Å². The van der Waals surface area contributed by atoms with E-state index < -0.39 is 0 Å². The molecule has 4 nitrogen and oxygen atoms in total. The second-order valence-corrected chi connectivity index (χ2v) is 11.8. The Kier molecular flexibility index (Phi) is 4.32. The molecule has 152 valence electrons. The van der Waals surface area contributed by atoms with Gasteiger partial charge in [0.25, 0.3) is 0 Å². The van der Waals surface area contributed by atoms with Gasteiger partial charge in [0, 0.05) is 19.5 Å². The van der Waals surface area contributed by atoms with E-state index in [-0.39, 0.29) is 16.0 Å². The first-order valence-corrected chi connectivity index (χ1v) is 11.8. The lowest BCUT2D eigenvalue weighted by Crippen LogP contribution is -2.62. The largest absolute Gasteiger partial charge is 0.349 e.